The second-order valence-corrected chi connectivity index (χ2v) is 12.7. The van der Waals surface area contributed by atoms with Crippen molar-refractivity contribution in [3.8, 4) is 0 Å². The van der Waals surface area contributed by atoms with Crippen LogP contribution in [0.15, 0.2) is 53.3 Å². The van der Waals surface area contributed by atoms with E-state index in [-0.39, 0.29) is 30.4 Å². The number of aromatic nitrogens is 4. The first kappa shape index (κ1) is 27.6. The molecule has 4 heterocycles. The number of rotatable bonds is 8. The van der Waals surface area contributed by atoms with Crippen molar-refractivity contribution in [1.82, 2.24) is 27.7 Å². The van der Waals surface area contributed by atoms with Crippen LogP contribution in [0.3, 0.4) is 0 Å². The third-order valence-corrected chi connectivity index (χ3v) is 10.0. The lowest BCUT2D eigenvalue weighted by Gasteiger charge is -2.35. The zero-order chi connectivity index (χ0) is 28.7. The van der Waals surface area contributed by atoms with Gasteiger partial charge >= 0.3 is 15.9 Å². The number of ether oxygens (including phenoxy) is 1. The number of benzene rings is 2. The van der Waals surface area contributed by atoms with Crippen LogP contribution in [-0.2, 0) is 26.3 Å². The molecular formula is C28H35N7O5S. The zero-order valence-electron chi connectivity index (χ0n) is 23.0. The van der Waals surface area contributed by atoms with Crippen molar-refractivity contribution >= 4 is 38.2 Å². The van der Waals surface area contributed by atoms with Crippen LogP contribution in [0.4, 0.5) is 0 Å². The number of nitrogens with two attached hydrogens (primary N) is 1. The van der Waals surface area contributed by atoms with Crippen LogP contribution in [0, 0.1) is 5.92 Å². The van der Waals surface area contributed by atoms with E-state index in [1.165, 1.54) is 0 Å². The molecule has 2 aliphatic rings. The average molecular weight is 582 g/mol. The fraction of sp³-hybridized carbons (Fsp3) is 0.464. The topological polar surface area (TPSA) is 149 Å². The minimum Gasteiger partial charge on any atom is -0.385 e. The maximum Gasteiger partial charge on any atom is 0.341 e. The summed E-state index contributed by atoms with van der Waals surface area (Å²) in [5.74, 6) is 0.140. The van der Waals surface area contributed by atoms with E-state index >= 15 is 0 Å². The molecule has 2 aliphatic heterocycles. The van der Waals surface area contributed by atoms with Crippen molar-refractivity contribution in [3.63, 3.8) is 0 Å². The number of para-hydroxylation sites is 4. The van der Waals surface area contributed by atoms with E-state index in [0.29, 0.717) is 25.2 Å². The van der Waals surface area contributed by atoms with Crippen LogP contribution in [0.25, 0.3) is 22.1 Å². The van der Waals surface area contributed by atoms with E-state index in [2.05, 4.69) is 15.6 Å². The number of nitrogens with zero attached hydrogens (tertiary/aromatic N) is 5. The van der Waals surface area contributed by atoms with Crippen molar-refractivity contribution in [2.75, 3.05) is 39.9 Å². The number of carbonyl (C=O) groups excluding carboxylic acids is 1. The van der Waals surface area contributed by atoms with E-state index in [1.807, 2.05) is 23.1 Å². The van der Waals surface area contributed by atoms with Gasteiger partial charge in [0.1, 0.15) is 5.82 Å². The predicted molar refractivity (Wildman–Crippen MR) is 155 cm³/mol. The Hall–Kier alpha value is -3.52. The number of aryl methyl sites for hydroxylation is 1. The first-order valence-corrected chi connectivity index (χ1v) is 15.4. The van der Waals surface area contributed by atoms with Crippen molar-refractivity contribution in [2.24, 2.45) is 11.7 Å². The summed E-state index contributed by atoms with van der Waals surface area (Å²) in [6, 6.07) is 14.0. The molecule has 218 valence electrons. The van der Waals surface area contributed by atoms with Gasteiger partial charge in [-0.1, -0.05) is 24.3 Å². The molecule has 0 saturated carbocycles. The van der Waals surface area contributed by atoms with Gasteiger partial charge in [-0.3, -0.25) is 4.79 Å². The number of carbonyl (C=O) groups is 1. The van der Waals surface area contributed by atoms with Gasteiger partial charge in [-0.15, -0.1) is 0 Å². The number of fused-ring (bicyclic) bond motifs is 2. The van der Waals surface area contributed by atoms with E-state index in [9.17, 15) is 18.0 Å². The molecule has 1 amide bonds. The highest BCUT2D eigenvalue weighted by molar-refractivity contribution is 7.87. The zero-order valence-corrected chi connectivity index (χ0v) is 23.8. The molecule has 2 fully saturated rings. The standard InChI is InChI=1S/C28H35N7O5S/c1-40-15-7-14-34-24-11-4-2-9-22(24)30-26(34)19-8-6-13-32(16-19)27(36)20-17-33(18-21(20)29)41(38,39)35-25-12-5-3-10-23(25)31-28(35)37/h2-5,9-12,19-21H,6-8,13-18,29H2,1H3,(H,31,37)/t19?,20-,21-/m1/s1. The summed E-state index contributed by atoms with van der Waals surface area (Å²) in [6.07, 6.45) is 2.56. The van der Waals surface area contributed by atoms with Crippen molar-refractivity contribution in [2.45, 2.75) is 37.8 Å². The monoisotopic (exact) mass is 581 g/mol. The molecule has 2 aromatic carbocycles. The lowest BCUT2D eigenvalue weighted by molar-refractivity contribution is -0.136. The third-order valence-electron chi connectivity index (χ3n) is 8.27. The van der Waals surface area contributed by atoms with Gasteiger partial charge in [0.2, 0.25) is 5.91 Å². The van der Waals surface area contributed by atoms with Crippen molar-refractivity contribution < 1.29 is 17.9 Å². The number of hydrogen-bond acceptors (Lipinski definition) is 7. The Morgan fingerprint density at radius 1 is 1.10 bits per heavy atom. The SMILES string of the molecule is COCCCn1c(C2CCCN(C(=O)[C@@H]3CN(S(=O)(=O)n4c(=O)[nH]c5ccccc54)C[C@H]3N)C2)nc2ccccc21. The first-order valence-electron chi connectivity index (χ1n) is 14.0. The second kappa shape index (κ2) is 11.0. The maximum absolute atomic E-state index is 13.8. The lowest BCUT2D eigenvalue weighted by atomic mass is 9.94. The van der Waals surface area contributed by atoms with Crippen LogP contribution in [0.1, 0.15) is 31.0 Å². The highest BCUT2D eigenvalue weighted by Gasteiger charge is 2.44. The molecule has 6 rings (SSSR count). The van der Waals surface area contributed by atoms with Gasteiger partial charge < -0.3 is 24.9 Å². The minimum absolute atomic E-state index is 0.0444. The van der Waals surface area contributed by atoms with Gasteiger partial charge in [-0.05, 0) is 43.5 Å². The molecule has 3 N–H and O–H groups in total. The highest BCUT2D eigenvalue weighted by atomic mass is 32.2. The molecule has 3 atom stereocenters. The third kappa shape index (κ3) is 4.96. The number of methoxy groups -OCH3 is 1. The van der Waals surface area contributed by atoms with Crippen LogP contribution in [-0.4, -0.2) is 88.0 Å². The number of nitrogens with one attached hydrogen (secondary N) is 1. The molecule has 12 nitrogen and oxygen atoms in total. The Morgan fingerprint density at radius 2 is 1.85 bits per heavy atom. The summed E-state index contributed by atoms with van der Waals surface area (Å²) < 4.78 is 36.5. The van der Waals surface area contributed by atoms with Gasteiger partial charge in [-0.25, -0.2) is 9.78 Å². The van der Waals surface area contributed by atoms with Crippen LogP contribution in [0.5, 0.6) is 0 Å². The van der Waals surface area contributed by atoms with E-state index < -0.39 is 27.9 Å². The van der Waals surface area contributed by atoms with E-state index in [4.69, 9.17) is 15.5 Å². The smallest absolute Gasteiger partial charge is 0.341 e. The number of H-pyrrole nitrogens is 1. The summed E-state index contributed by atoms with van der Waals surface area (Å²) in [4.78, 5) is 35.8. The molecule has 2 aromatic heterocycles. The van der Waals surface area contributed by atoms with Gasteiger partial charge in [0.05, 0.1) is 28.0 Å². The molecule has 0 spiro atoms. The minimum atomic E-state index is -4.24. The number of hydrogen-bond donors (Lipinski definition) is 2. The summed E-state index contributed by atoms with van der Waals surface area (Å²) in [5, 5.41) is 0. The first-order chi connectivity index (χ1) is 19.8. The van der Waals surface area contributed by atoms with Gasteiger partial charge in [0.15, 0.2) is 0 Å². The summed E-state index contributed by atoms with van der Waals surface area (Å²) >= 11 is 0. The molecule has 0 bridgehead atoms. The summed E-state index contributed by atoms with van der Waals surface area (Å²) in [5.41, 5.74) is 8.31. The van der Waals surface area contributed by atoms with Crippen molar-refractivity contribution in [1.29, 1.82) is 0 Å². The molecular weight excluding hydrogens is 546 g/mol. The molecule has 0 aliphatic carbocycles. The molecule has 41 heavy (non-hydrogen) atoms. The van der Waals surface area contributed by atoms with E-state index in [1.54, 1.807) is 31.4 Å². The summed E-state index contributed by atoms with van der Waals surface area (Å²) in [6.45, 7) is 2.36. The van der Waals surface area contributed by atoms with Crippen LogP contribution in [0.2, 0.25) is 0 Å². The van der Waals surface area contributed by atoms with Gasteiger partial charge in [0, 0.05) is 58.4 Å². The normalized spacial score (nSPS) is 22.2. The Balaban J connectivity index is 1.21. The summed E-state index contributed by atoms with van der Waals surface area (Å²) in [7, 11) is -2.55. The Labute approximate surface area is 237 Å². The molecule has 2 saturated heterocycles. The predicted octanol–water partition coefficient (Wildman–Crippen LogP) is 1.47. The number of piperidine rings is 1. The maximum atomic E-state index is 13.8. The highest BCUT2D eigenvalue weighted by Crippen LogP contribution is 2.32. The largest absolute Gasteiger partial charge is 0.385 e. The van der Waals surface area contributed by atoms with Crippen LogP contribution >= 0.6 is 0 Å². The number of aromatic amines is 1. The number of imidazole rings is 2. The molecule has 4 aromatic rings. The number of amides is 1. The molecule has 0 radical (unpaired) electrons. The Bertz CT molecular complexity index is 1740. The van der Waals surface area contributed by atoms with E-state index in [0.717, 1.165) is 50.9 Å². The number of likely N-dealkylation sites (tertiary alicyclic amines) is 1. The fourth-order valence-corrected chi connectivity index (χ4v) is 7.85. The average Bonchev–Trinajstić information content (AvgIpc) is 3.65. The fourth-order valence-electron chi connectivity index (χ4n) is 6.25. The van der Waals surface area contributed by atoms with Gasteiger partial charge in [-0.2, -0.15) is 16.7 Å². The van der Waals surface area contributed by atoms with Crippen molar-refractivity contribution in [3.05, 3.63) is 64.8 Å². The quantitative estimate of drug-likeness (QED) is 0.299. The van der Waals surface area contributed by atoms with Gasteiger partial charge in [0.25, 0.3) is 0 Å². The van der Waals surface area contributed by atoms with Crippen LogP contribution < -0.4 is 11.4 Å². The Kier molecular flexibility index (Phi) is 7.45. The Morgan fingerprint density at radius 3 is 2.66 bits per heavy atom. The second-order valence-electron chi connectivity index (χ2n) is 10.9. The molecule has 13 heteroatoms. The molecule has 1 unspecified atom stereocenters. The lowest BCUT2D eigenvalue weighted by Crippen LogP contribution is -2.47.